The highest BCUT2D eigenvalue weighted by Crippen LogP contribution is 2.20. The summed E-state index contributed by atoms with van der Waals surface area (Å²) in [4.78, 5) is 28.2. The van der Waals surface area contributed by atoms with Gasteiger partial charge in [-0.05, 0) is 13.3 Å². The minimum Gasteiger partial charge on any atom is -0.476 e. The van der Waals surface area contributed by atoms with Crippen LogP contribution < -0.4 is 0 Å². The Bertz CT molecular complexity index is 473. The molecule has 2 atom stereocenters. The summed E-state index contributed by atoms with van der Waals surface area (Å²) in [5.74, 6) is -1.37. The minimum absolute atomic E-state index is 0.00321. The number of aromatic nitrogens is 1. The molecule has 1 N–H and O–H groups in total. The predicted octanol–water partition coefficient (Wildman–Crippen LogP) is 1.09. The van der Waals surface area contributed by atoms with Crippen molar-refractivity contribution in [3.63, 3.8) is 0 Å². The van der Waals surface area contributed by atoms with Gasteiger partial charge in [0.1, 0.15) is 5.69 Å². The van der Waals surface area contributed by atoms with Crippen LogP contribution in [0, 0.1) is 0 Å². The summed E-state index contributed by atoms with van der Waals surface area (Å²) in [5, 5.41) is 10.2. The van der Waals surface area contributed by atoms with Crippen molar-refractivity contribution in [1.29, 1.82) is 0 Å². The molecule has 98 valence electrons. The van der Waals surface area contributed by atoms with Crippen LogP contribution in [-0.2, 0) is 4.74 Å². The van der Waals surface area contributed by atoms with Gasteiger partial charge in [0.15, 0.2) is 0 Å². The van der Waals surface area contributed by atoms with Gasteiger partial charge < -0.3 is 14.7 Å². The molecule has 1 amide bonds. The SMILES string of the molecule is CC1OCCC1N(C)C(=O)c1csc(C(=O)O)n1. The molecule has 0 aliphatic carbocycles. The van der Waals surface area contributed by atoms with Crippen LogP contribution in [0.15, 0.2) is 5.38 Å². The fraction of sp³-hybridized carbons (Fsp3) is 0.545. The quantitative estimate of drug-likeness (QED) is 0.889. The molecule has 7 heteroatoms. The normalized spacial score (nSPS) is 23.0. The molecule has 2 heterocycles. The maximum Gasteiger partial charge on any atom is 0.365 e. The van der Waals surface area contributed by atoms with E-state index in [4.69, 9.17) is 9.84 Å². The topological polar surface area (TPSA) is 79.7 Å². The number of carbonyl (C=O) groups is 2. The Hall–Kier alpha value is -1.47. The van der Waals surface area contributed by atoms with E-state index >= 15 is 0 Å². The van der Waals surface area contributed by atoms with Crippen LogP contribution in [0.4, 0.5) is 0 Å². The Morgan fingerprint density at radius 3 is 2.83 bits per heavy atom. The maximum atomic E-state index is 12.1. The van der Waals surface area contributed by atoms with E-state index in [2.05, 4.69) is 4.98 Å². The monoisotopic (exact) mass is 270 g/mol. The summed E-state index contributed by atoms with van der Waals surface area (Å²) in [6.45, 7) is 2.56. The Morgan fingerprint density at radius 1 is 1.61 bits per heavy atom. The van der Waals surface area contributed by atoms with Crippen LogP contribution >= 0.6 is 11.3 Å². The highest BCUT2D eigenvalue weighted by Gasteiger charge is 2.32. The first-order chi connectivity index (χ1) is 8.50. The second-order valence-corrected chi connectivity index (χ2v) is 5.05. The van der Waals surface area contributed by atoms with E-state index in [0.29, 0.717) is 6.61 Å². The summed E-state index contributed by atoms with van der Waals surface area (Å²) in [6, 6.07) is 0.0208. The third-order valence-electron chi connectivity index (χ3n) is 3.06. The van der Waals surface area contributed by atoms with Crippen molar-refractivity contribution in [3.8, 4) is 0 Å². The van der Waals surface area contributed by atoms with E-state index in [1.165, 1.54) is 5.38 Å². The van der Waals surface area contributed by atoms with E-state index in [1.807, 2.05) is 6.92 Å². The van der Waals surface area contributed by atoms with Crippen molar-refractivity contribution in [2.24, 2.45) is 0 Å². The van der Waals surface area contributed by atoms with E-state index in [1.54, 1.807) is 11.9 Å². The van der Waals surface area contributed by atoms with Crippen LogP contribution in [-0.4, -0.2) is 52.7 Å². The molecule has 1 saturated heterocycles. The van der Waals surface area contributed by atoms with Gasteiger partial charge in [0, 0.05) is 19.0 Å². The molecular weight excluding hydrogens is 256 g/mol. The van der Waals surface area contributed by atoms with Gasteiger partial charge in [0.2, 0.25) is 5.01 Å². The summed E-state index contributed by atoms with van der Waals surface area (Å²) in [5.41, 5.74) is 0.180. The molecule has 1 aromatic heterocycles. The van der Waals surface area contributed by atoms with Gasteiger partial charge in [0.05, 0.1) is 12.1 Å². The molecular formula is C11H14N2O4S. The third kappa shape index (κ3) is 2.37. The van der Waals surface area contributed by atoms with E-state index in [0.717, 1.165) is 17.8 Å². The average molecular weight is 270 g/mol. The largest absolute Gasteiger partial charge is 0.476 e. The van der Waals surface area contributed by atoms with Crippen LogP contribution in [0.3, 0.4) is 0 Å². The maximum absolute atomic E-state index is 12.1. The van der Waals surface area contributed by atoms with Gasteiger partial charge >= 0.3 is 5.97 Å². The van der Waals surface area contributed by atoms with Crippen LogP contribution in [0.25, 0.3) is 0 Å². The number of aromatic carboxylic acids is 1. The zero-order chi connectivity index (χ0) is 13.3. The van der Waals surface area contributed by atoms with E-state index < -0.39 is 5.97 Å². The molecule has 2 rings (SSSR count). The van der Waals surface area contributed by atoms with Crippen molar-refractivity contribution in [2.45, 2.75) is 25.5 Å². The van der Waals surface area contributed by atoms with Gasteiger partial charge in [-0.3, -0.25) is 4.79 Å². The number of ether oxygens (including phenoxy) is 1. The number of nitrogens with zero attached hydrogens (tertiary/aromatic N) is 2. The first-order valence-electron chi connectivity index (χ1n) is 5.58. The molecule has 0 bridgehead atoms. The molecule has 1 aliphatic heterocycles. The number of carboxylic acids is 1. The standard InChI is InChI=1S/C11H14N2O4S/c1-6-8(3-4-17-6)13(2)10(14)7-5-18-9(12-7)11(15)16/h5-6,8H,3-4H2,1-2H3,(H,15,16). The fourth-order valence-corrected chi connectivity index (χ4v) is 2.66. The number of carboxylic acid groups (broad SMARTS) is 1. The van der Waals surface area contributed by atoms with E-state index in [-0.39, 0.29) is 28.8 Å². The average Bonchev–Trinajstić information content (AvgIpc) is 2.95. The summed E-state index contributed by atoms with van der Waals surface area (Å²) in [7, 11) is 1.69. The zero-order valence-electron chi connectivity index (χ0n) is 10.1. The second kappa shape index (κ2) is 5.03. The van der Waals surface area contributed by atoms with Crippen molar-refractivity contribution in [3.05, 3.63) is 16.1 Å². The Morgan fingerprint density at radius 2 is 2.33 bits per heavy atom. The minimum atomic E-state index is -1.11. The first-order valence-corrected chi connectivity index (χ1v) is 6.46. The summed E-state index contributed by atoms with van der Waals surface area (Å²) in [6.07, 6.45) is 0.788. The van der Waals surface area contributed by atoms with Crippen LogP contribution in [0.2, 0.25) is 0 Å². The number of thiazole rings is 1. The van der Waals surface area contributed by atoms with Crippen LogP contribution in [0.5, 0.6) is 0 Å². The van der Waals surface area contributed by atoms with Gasteiger partial charge in [-0.2, -0.15) is 0 Å². The molecule has 1 fully saturated rings. The molecule has 2 unspecified atom stereocenters. The number of hydrogen-bond donors (Lipinski definition) is 1. The Balaban J connectivity index is 2.12. The van der Waals surface area contributed by atoms with Crippen molar-refractivity contribution in [1.82, 2.24) is 9.88 Å². The summed E-state index contributed by atoms with van der Waals surface area (Å²) >= 11 is 0.957. The highest BCUT2D eigenvalue weighted by atomic mass is 32.1. The van der Waals surface area contributed by atoms with E-state index in [9.17, 15) is 9.59 Å². The molecule has 6 nitrogen and oxygen atoms in total. The van der Waals surface area contributed by atoms with Crippen molar-refractivity contribution < 1.29 is 19.4 Å². The Labute approximate surface area is 108 Å². The lowest BCUT2D eigenvalue weighted by Gasteiger charge is -2.25. The molecule has 1 aliphatic rings. The molecule has 0 radical (unpaired) electrons. The van der Waals surface area contributed by atoms with Gasteiger partial charge in [-0.1, -0.05) is 0 Å². The lowest BCUT2D eigenvalue weighted by atomic mass is 10.1. The van der Waals surface area contributed by atoms with Gasteiger partial charge in [0.25, 0.3) is 5.91 Å². The number of amides is 1. The lowest BCUT2D eigenvalue weighted by Crippen LogP contribution is -2.41. The van der Waals surface area contributed by atoms with Gasteiger partial charge in [-0.25, -0.2) is 9.78 Å². The van der Waals surface area contributed by atoms with Crippen molar-refractivity contribution in [2.75, 3.05) is 13.7 Å². The number of likely N-dealkylation sites (N-methyl/N-ethyl adjacent to an activating group) is 1. The zero-order valence-corrected chi connectivity index (χ0v) is 10.9. The molecule has 1 aromatic rings. The lowest BCUT2D eigenvalue weighted by molar-refractivity contribution is 0.0570. The third-order valence-corrected chi connectivity index (χ3v) is 3.89. The highest BCUT2D eigenvalue weighted by molar-refractivity contribution is 7.11. The molecule has 0 saturated carbocycles. The fourth-order valence-electron chi connectivity index (χ4n) is 2.03. The summed E-state index contributed by atoms with van der Waals surface area (Å²) < 4.78 is 5.41. The molecule has 0 aromatic carbocycles. The van der Waals surface area contributed by atoms with Gasteiger partial charge in [-0.15, -0.1) is 11.3 Å². The number of carbonyl (C=O) groups excluding carboxylic acids is 1. The molecule has 18 heavy (non-hydrogen) atoms. The Kier molecular flexibility index (Phi) is 3.63. The molecule has 0 spiro atoms. The smallest absolute Gasteiger partial charge is 0.365 e. The van der Waals surface area contributed by atoms with Crippen molar-refractivity contribution >= 4 is 23.2 Å². The second-order valence-electron chi connectivity index (χ2n) is 4.19. The predicted molar refractivity (Wildman–Crippen MR) is 65.0 cm³/mol. The first kappa shape index (κ1) is 13.0. The number of rotatable bonds is 3. The number of hydrogen-bond acceptors (Lipinski definition) is 5. The van der Waals surface area contributed by atoms with Crippen LogP contribution in [0.1, 0.15) is 33.6 Å².